The standard InChI is InChI=1S/C10H18ClN5/c1-6(2)7(3)16(5)10-14-8(11)13-9(12-4)15-10/h6-7H,1-5H3,(H,12,13,14,15). The Balaban J connectivity index is 2.98. The first-order chi connectivity index (χ1) is 7.45. The van der Waals surface area contributed by atoms with E-state index in [2.05, 4.69) is 41.0 Å². The Morgan fingerprint density at radius 3 is 2.31 bits per heavy atom. The predicted molar refractivity (Wildman–Crippen MR) is 67.1 cm³/mol. The normalized spacial score (nSPS) is 12.7. The molecular formula is C10H18ClN5. The third-order valence-electron chi connectivity index (χ3n) is 2.71. The molecule has 0 amide bonds. The number of hydrogen-bond acceptors (Lipinski definition) is 5. The fraction of sp³-hybridized carbons (Fsp3) is 0.700. The highest BCUT2D eigenvalue weighted by molar-refractivity contribution is 6.28. The van der Waals surface area contributed by atoms with Crippen LogP contribution in [-0.4, -0.2) is 35.1 Å². The second kappa shape index (κ2) is 5.30. The summed E-state index contributed by atoms with van der Waals surface area (Å²) in [4.78, 5) is 14.3. The van der Waals surface area contributed by atoms with Crippen molar-refractivity contribution in [1.29, 1.82) is 0 Å². The van der Waals surface area contributed by atoms with Gasteiger partial charge in [0.15, 0.2) is 0 Å². The molecule has 1 heterocycles. The average Bonchev–Trinajstić information content (AvgIpc) is 2.25. The molecule has 6 heteroatoms. The topological polar surface area (TPSA) is 53.9 Å². The van der Waals surface area contributed by atoms with Crippen molar-refractivity contribution in [1.82, 2.24) is 15.0 Å². The lowest BCUT2D eigenvalue weighted by Crippen LogP contribution is -2.34. The molecule has 0 spiro atoms. The van der Waals surface area contributed by atoms with Gasteiger partial charge in [0.1, 0.15) is 0 Å². The smallest absolute Gasteiger partial charge is 0.231 e. The summed E-state index contributed by atoms with van der Waals surface area (Å²) >= 11 is 5.83. The maximum Gasteiger partial charge on any atom is 0.231 e. The van der Waals surface area contributed by atoms with Gasteiger partial charge in [-0.3, -0.25) is 0 Å². The molecule has 1 rings (SSSR count). The van der Waals surface area contributed by atoms with Crippen molar-refractivity contribution in [2.45, 2.75) is 26.8 Å². The number of hydrogen-bond donors (Lipinski definition) is 1. The third-order valence-corrected chi connectivity index (χ3v) is 2.88. The average molecular weight is 244 g/mol. The van der Waals surface area contributed by atoms with Gasteiger partial charge in [0.2, 0.25) is 17.2 Å². The van der Waals surface area contributed by atoms with Gasteiger partial charge in [-0.2, -0.15) is 15.0 Å². The Hall–Kier alpha value is -1.10. The molecule has 0 bridgehead atoms. The number of halogens is 1. The minimum absolute atomic E-state index is 0.206. The maximum atomic E-state index is 5.83. The fourth-order valence-electron chi connectivity index (χ4n) is 1.24. The summed E-state index contributed by atoms with van der Waals surface area (Å²) in [6, 6.07) is 0.336. The second-order valence-electron chi connectivity index (χ2n) is 4.07. The summed E-state index contributed by atoms with van der Waals surface area (Å²) in [6.07, 6.45) is 0. The van der Waals surface area contributed by atoms with Crippen LogP contribution in [0.25, 0.3) is 0 Å². The van der Waals surface area contributed by atoms with E-state index >= 15 is 0 Å². The summed E-state index contributed by atoms with van der Waals surface area (Å²) in [6.45, 7) is 6.44. The van der Waals surface area contributed by atoms with E-state index in [1.807, 2.05) is 11.9 Å². The van der Waals surface area contributed by atoms with Crippen molar-refractivity contribution < 1.29 is 0 Å². The summed E-state index contributed by atoms with van der Waals surface area (Å²) in [5.41, 5.74) is 0. The van der Waals surface area contributed by atoms with E-state index < -0.39 is 0 Å². The first kappa shape index (κ1) is 13.0. The SMILES string of the molecule is CNc1nc(Cl)nc(N(C)C(C)C(C)C)n1. The van der Waals surface area contributed by atoms with Crippen LogP contribution in [0, 0.1) is 5.92 Å². The second-order valence-corrected chi connectivity index (χ2v) is 4.41. The molecule has 0 aliphatic rings. The van der Waals surface area contributed by atoms with Crippen LogP contribution in [0.4, 0.5) is 11.9 Å². The lowest BCUT2D eigenvalue weighted by molar-refractivity contribution is 0.499. The molecule has 0 fully saturated rings. The van der Waals surface area contributed by atoms with Gasteiger partial charge in [0.05, 0.1) is 0 Å². The molecule has 0 aromatic carbocycles. The molecule has 1 unspecified atom stereocenters. The van der Waals surface area contributed by atoms with E-state index in [9.17, 15) is 0 Å². The zero-order chi connectivity index (χ0) is 12.3. The highest BCUT2D eigenvalue weighted by Gasteiger charge is 2.17. The molecule has 1 N–H and O–H groups in total. The van der Waals surface area contributed by atoms with Crippen molar-refractivity contribution >= 4 is 23.5 Å². The first-order valence-electron chi connectivity index (χ1n) is 5.28. The lowest BCUT2D eigenvalue weighted by atomic mass is 10.1. The highest BCUT2D eigenvalue weighted by atomic mass is 35.5. The minimum atomic E-state index is 0.206. The summed E-state index contributed by atoms with van der Waals surface area (Å²) in [5, 5.41) is 3.06. The van der Waals surface area contributed by atoms with Crippen LogP contribution in [0.2, 0.25) is 5.28 Å². The number of aromatic nitrogens is 3. The van der Waals surface area contributed by atoms with Gasteiger partial charge in [-0.25, -0.2) is 0 Å². The predicted octanol–water partition coefficient (Wildman–Crippen LogP) is 2.05. The number of anilines is 2. The van der Waals surface area contributed by atoms with Crippen LogP contribution in [-0.2, 0) is 0 Å². The third kappa shape index (κ3) is 2.95. The molecule has 16 heavy (non-hydrogen) atoms. The molecule has 1 aromatic heterocycles. The largest absolute Gasteiger partial charge is 0.357 e. The van der Waals surface area contributed by atoms with Crippen molar-refractivity contribution in [3.05, 3.63) is 5.28 Å². The van der Waals surface area contributed by atoms with E-state index in [1.165, 1.54) is 0 Å². The molecule has 0 radical (unpaired) electrons. The highest BCUT2D eigenvalue weighted by Crippen LogP contribution is 2.17. The zero-order valence-electron chi connectivity index (χ0n) is 10.3. The quantitative estimate of drug-likeness (QED) is 0.877. The molecule has 0 saturated heterocycles. The van der Waals surface area contributed by atoms with Crippen LogP contribution < -0.4 is 10.2 Å². The Bertz CT molecular complexity index is 355. The van der Waals surface area contributed by atoms with Crippen molar-refractivity contribution in [3.63, 3.8) is 0 Å². The summed E-state index contributed by atoms with van der Waals surface area (Å²) in [5.74, 6) is 1.59. The van der Waals surface area contributed by atoms with Crippen molar-refractivity contribution in [2.75, 3.05) is 24.3 Å². The Labute approximate surface area is 101 Å². The van der Waals surface area contributed by atoms with Gasteiger partial charge in [-0.15, -0.1) is 0 Å². The van der Waals surface area contributed by atoms with E-state index in [4.69, 9.17) is 11.6 Å². The fourth-order valence-corrected chi connectivity index (χ4v) is 1.39. The van der Waals surface area contributed by atoms with Crippen LogP contribution in [0.3, 0.4) is 0 Å². The molecule has 0 saturated carbocycles. The summed E-state index contributed by atoms with van der Waals surface area (Å²) in [7, 11) is 3.71. The molecule has 1 atom stereocenters. The van der Waals surface area contributed by atoms with Gasteiger partial charge in [0, 0.05) is 20.1 Å². The van der Waals surface area contributed by atoms with E-state index in [-0.39, 0.29) is 5.28 Å². The van der Waals surface area contributed by atoms with Gasteiger partial charge in [0.25, 0.3) is 0 Å². The van der Waals surface area contributed by atoms with Crippen LogP contribution in [0.15, 0.2) is 0 Å². The van der Waals surface area contributed by atoms with Crippen LogP contribution in [0.5, 0.6) is 0 Å². The number of nitrogens with zero attached hydrogens (tertiary/aromatic N) is 4. The minimum Gasteiger partial charge on any atom is -0.357 e. The molecule has 5 nitrogen and oxygen atoms in total. The summed E-state index contributed by atoms with van der Waals surface area (Å²) < 4.78 is 0. The Morgan fingerprint density at radius 1 is 1.19 bits per heavy atom. The van der Waals surface area contributed by atoms with E-state index in [1.54, 1.807) is 7.05 Å². The van der Waals surface area contributed by atoms with Gasteiger partial charge >= 0.3 is 0 Å². The van der Waals surface area contributed by atoms with Crippen LogP contribution >= 0.6 is 11.6 Å². The molecule has 0 aliphatic carbocycles. The van der Waals surface area contributed by atoms with Gasteiger partial charge in [-0.1, -0.05) is 13.8 Å². The zero-order valence-corrected chi connectivity index (χ0v) is 11.1. The molecule has 1 aromatic rings. The van der Waals surface area contributed by atoms with Crippen molar-refractivity contribution in [3.8, 4) is 0 Å². The van der Waals surface area contributed by atoms with Gasteiger partial charge in [-0.05, 0) is 24.4 Å². The van der Waals surface area contributed by atoms with Gasteiger partial charge < -0.3 is 10.2 Å². The monoisotopic (exact) mass is 243 g/mol. The molecule has 90 valence electrons. The van der Waals surface area contributed by atoms with E-state index in [0.717, 1.165) is 0 Å². The van der Waals surface area contributed by atoms with Crippen LogP contribution in [0.1, 0.15) is 20.8 Å². The molecular weight excluding hydrogens is 226 g/mol. The number of nitrogens with one attached hydrogen (secondary N) is 1. The lowest BCUT2D eigenvalue weighted by Gasteiger charge is -2.27. The maximum absolute atomic E-state index is 5.83. The molecule has 0 aliphatic heterocycles. The first-order valence-corrected chi connectivity index (χ1v) is 5.65. The van der Waals surface area contributed by atoms with E-state index in [0.29, 0.717) is 23.9 Å². The number of rotatable bonds is 4. The van der Waals surface area contributed by atoms with Crippen molar-refractivity contribution in [2.24, 2.45) is 5.92 Å². The Kier molecular flexibility index (Phi) is 4.29. The Morgan fingerprint density at radius 2 is 1.81 bits per heavy atom.